The largest absolute Gasteiger partial charge is 0.506 e. The van der Waals surface area contributed by atoms with Gasteiger partial charge in [-0.25, -0.2) is 4.79 Å². The molecule has 0 spiro atoms. The van der Waals surface area contributed by atoms with Crippen molar-refractivity contribution in [2.24, 2.45) is 22.7 Å². The highest BCUT2D eigenvalue weighted by Gasteiger charge is 2.39. The molecule has 1 aromatic heterocycles. The lowest BCUT2D eigenvalue weighted by Crippen LogP contribution is -2.33. The van der Waals surface area contributed by atoms with E-state index >= 15 is 0 Å². The predicted octanol–water partition coefficient (Wildman–Crippen LogP) is 6.45. The molecule has 0 aliphatic carbocycles. The van der Waals surface area contributed by atoms with E-state index in [9.17, 15) is 19.8 Å². The normalized spacial score (nSPS) is 22.5. The fourth-order valence-corrected chi connectivity index (χ4v) is 6.08. The number of aliphatic hydroxyl groups is 1. The van der Waals surface area contributed by atoms with Crippen molar-refractivity contribution in [2.75, 3.05) is 5.75 Å². The number of nitrogens with one attached hydrogen (secondary N) is 1. The number of carboxylic acid groups (broad SMARTS) is 1. The summed E-state index contributed by atoms with van der Waals surface area (Å²) in [5, 5.41) is 20.5. The molecule has 4 atom stereocenters. The number of H-pyrrole nitrogens is 1. The second-order valence-corrected chi connectivity index (χ2v) is 11.4. The highest BCUT2D eigenvalue weighted by molar-refractivity contribution is 9.14. The third kappa shape index (κ3) is 6.01. The summed E-state index contributed by atoms with van der Waals surface area (Å²) in [4.78, 5) is 31.4. The first kappa shape index (κ1) is 25.7. The number of halogens is 3. The molecule has 0 saturated heterocycles. The van der Waals surface area contributed by atoms with Gasteiger partial charge in [-0.05, 0) is 73.5 Å². The van der Waals surface area contributed by atoms with Crippen molar-refractivity contribution in [3.05, 3.63) is 25.3 Å². The van der Waals surface area contributed by atoms with Gasteiger partial charge >= 0.3 is 5.97 Å². The Balaban J connectivity index is 1.96. The summed E-state index contributed by atoms with van der Waals surface area (Å²) in [5.41, 5.74) is -0.618. The van der Waals surface area contributed by atoms with E-state index in [-0.39, 0.29) is 29.3 Å². The second-order valence-electron chi connectivity index (χ2n) is 8.07. The van der Waals surface area contributed by atoms with Gasteiger partial charge in [-0.1, -0.05) is 20.8 Å². The first-order valence-corrected chi connectivity index (χ1v) is 12.9. The number of aliphatic carboxylic acids is 1. The van der Waals surface area contributed by atoms with Crippen molar-refractivity contribution >= 4 is 82.1 Å². The van der Waals surface area contributed by atoms with Gasteiger partial charge in [0.25, 0.3) is 0 Å². The van der Waals surface area contributed by atoms with Crippen LogP contribution >= 0.6 is 59.6 Å². The minimum absolute atomic E-state index is 0.129. The molecule has 6 nitrogen and oxygen atoms in total. The Morgan fingerprint density at radius 1 is 1.20 bits per heavy atom. The highest BCUT2D eigenvalue weighted by atomic mass is 79.9. The number of carbonyl (C=O) groups excluding carboxylic acids is 1. The number of thioether (sulfide) groups is 1. The summed E-state index contributed by atoms with van der Waals surface area (Å²) in [7, 11) is 0. The van der Waals surface area contributed by atoms with E-state index < -0.39 is 11.5 Å². The molecule has 1 aliphatic heterocycles. The smallest absolute Gasteiger partial charge is 0.332 e. The maximum Gasteiger partial charge on any atom is 0.332 e. The summed E-state index contributed by atoms with van der Waals surface area (Å²) in [6.07, 6.45) is 2.74. The number of aromatic nitrogens is 1. The van der Waals surface area contributed by atoms with Gasteiger partial charge in [-0.2, -0.15) is 0 Å². The van der Waals surface area contributed by atoms with Crippen LogP contribution in [0.4, 0.5) is 0 Å². The number of aliphatic hydroxyl groups excluding tert-OH is 1. The van der Waals surface area contributed by atoms with E-state index in [1.165, 1.54) is 17.8 Å². The summed E-state index contributed by atoms with van der Waals surface area (Å²) >= 11 is 11.6. The summed E-state index contributed by atoms with van der Waals surface area (Å²) in [5.74, 6) is -0.587. The lowest BCUT2D eigenvalue weighted by atomic mass is 9.87. The van der Waals surface area contributed by atoms with Crippen LogP contribution in [0.5, 0.6) is 0 Å². The zero-order chi connectivity index (χ0) is 22.8. The molecule has 0 saturated carbocycles. The van der Waals surface area contributed by atoms with Gasteiger partial charge in [0.1, 0.15) is 5.76 Å². The molecule has 10 heteroatoms. The fraction of sp³-hybridized carbons (Fsp3) is 0.550. The first-order valence-electron chi connectivity index (χ1n) is 9.49. The predicted molar refractivity (Wildman–Crippen MR) is 132 cm³/mol. The van der Waals surface area contributed by atoms with Crippen LogP contribution in [0, 0.1) is 17.8 Å². The van der Waals surface area contributed by atoms with E-state index in [1.54, 1.807) is 6.92 Å². The minimum Gasteiger partial charge on any atom is -0.506 e. The molecule has 1 aliphatic rings. The molecule has 30 heavy (non-hydrogen) atoms. The lowest BCUT2D eigenvalue weighted by molar-refractivity contribution is -0.141. The SMILES string of the molecule is CC(CC(C)C(=O)C=C(O)c1[nH]c(Br)c(Br)c1Br)CC(C)C1=NC(C)(C(=O)O)CS1. The Labute approximate surface area is 205 Å². The number of aliphatic imine (C=N–C) groups is 1. The maximum absolute atomic E-state index is 12.6. The van der Waals surface area contributed by atoms with Crippen LogP contribution in [0.2, 0.25) is 0 Å². The monoisotopic (exact) mass is 626 g/mol. The van der Waals surface area contributed by atoms with Crippen molar-refractivity contribution in [3.8, 4) is 0 Å². The van der Waals surface area contributed by atoms with Crippen molar-refractivity contribution in [1.29, 1.82) is 0 Å². The van der Waals surface area contributed by atoms with Gasteiger partial charge in [-0.3, -0.25) is 9.79 Å². The molecule has 0 aromatic carbocycles. The molecule has 2 rings (SSSR count). The number of aromatic amines is 1. The van der Waals surface area contributed by atoms with Crippen molar-refractivity contribution in [2.45, 2.75) is 46.1 Å². The molecule has 0 radical (unpaired) electrons. The Morgan fingerprint density at radius 2 is 1.83 bits per heavy atom. The molecule has 4 unspecified atom stereocenters. The fourth-order valence-electron chi connectivity index (χ4n) is 3.36. The zero-order valence-corrected chi connectivity index (χ0v) is 22.7. The first-order chi connectivity index (χ1) is 13.9. The van der Waals surface area contributed by atoms with Gasteiger partial charge in [0.05, 0.1) is 24.3 Å². The highest BCUT2D eigenvalue weighted by Crippen LogP contribution is 2.37. The molecule has 2 heterocycles. The van der Waals surface area contributed by atoms with Crippen LogP contribution in [0.25, 0.3) is 5.76 Å². The number of nitrogens with zero attached hydrogens (tertiary/aromatic N) is 1. The standard InChI is InChI=1S/C20H25Br3N2O4S/c1-9(6-11(3)18-25-20(4,8-30-18)19(28)29)5-10(2)12(26)7-13(27)16-14(21)15(22)17(23)24-16/h7,9-11,24,27H,5-6,8H2,1-4H3,(H,28,29). The molecule has 0 bridgehead atoms. The van der Waals surface area contributed by atoms with Gasteiger partial charge in [-0.15, -0.1) is 11.8 Å². The van der Waals surface area contributed by atoms with Crippen molar-refractivity contribution < 1.29 is 19.8 Å². The molecule has 0 amide bonds. The number of allylic oxidation sites excluding steroid dienone is 1. The van der Waals surface area contributed by atoms with Crippen LogP contribution in [0.1, 0.15) is 46.2 Å². The Kier molecular flexibility index (Phi) is 8.87. The van der Waals surface area contributed by atoms with Crippen LogP contribution in [0.3, 0.4) is 0 Å². The quantitative estimate of drug-likeness (QED) is 0.216. The van der Waals surface area contributed by atoms with Gasteiger partial charge in [0.15, 0.2) is 11.3 Å². The van der Waals surface area contributed by atoms with Crippen LogP contribution in [0.15, 0.2) is 24.6 Å². The molecule has 3 N–H and O–H groups in total. The summed E-state index contributed by atoms with van der Waals surface area (Å²) in [6, 6.07) is 0. The Hall–Kier alpha value is -0.580. The zero-order valence-electron chi connectivity index (χ0n) is 17.1. The molecular weight excluding hydrogens is 604 g/mol. The number of ketones is 1. The lowest BCUT2D eigenvalue weighted by Gasteiger charge is -2.19. The van der Waals surface area contributed by atoms with Gasteiger partial charge in [0, 0.05) is 23.7 Å². The Morgan fingerprint density at radius 3 is 2.33 bits per heavy atom. The number of carbonyl (C=O) groups is 2. The van der Waals surface area contributed by atoms with Crippen LogP contribution in [-0.2, 0) is 9.59 Å². The molecular formula is C20H25Br3N2O4S. The number of rotatable bonds is 9. The van der Waals surface area contributed by atoms with E-state index in [0.717, 1.165) is 15.9 Å². The topological polar surface area (TPSA) is 103 Å². The average molecular weight is 629 g/mol. The summed E-state index contributed by atoms with van der Waals surface area (Å²) in [6.45, 7) is 7.62. The van der Waals surface area contributed by atoms with E-state index in [0.29, 0.717) is 26.9 Å². The number of hydrogen-bond donors (Lipinski definition) is 3. The average Bonchev–Trinajstić information content (AvgIpc) is 3.18. The van der Waals surface area contributed by atoms with Crippen LogP contribution < -0.4 is 0 Å². The summed E-state index contributed by atoms with van der Waals surface area (Å²) < 4.78 is 2.03. The van der Waals surface area contributed by atoms with Crippen molar-refractivity contribution in [3.63, 3.8) is 0 Å². The van der Waals surface area contributed by atoms with Crippen LogP contribution in [-0.4, -0.2) is 43.3 Å². The van der Waals surface area contributed by atoms with Gasteiger partial charge < -0.3 is 15.2 Å². The number of carboxylic acids is 1. The molecule has 166 valence electrons. The van der Waals surface area contributed by atoms with E-state index in [4.69, 9.17) is 0 Å². The second kappa shape index (κ2) is 10.4. The maximum atomic E-state index is 12.6. The molecule has 0 fully saturated rings. The third-order valence-corrected chi connectivity index (χ3v) is 9.85. The third-order valence-electron chi connectivity index (χ3n) is 5.11. The van der Waals surface area contributed by atoms with E-state index in [1.807, 2.05) is 13.8 Å². The minimum atomic E-state index is -1.04. The number of hydrogen-bond acceptors (Lipinski definition) is 5. The van der Waals surface area contributed by atoms with Gasteiger partial charge in [0.2, 0.25) is 0 Å². The van der Waals surface area contributed by atoms with Crippen molar-refractivity contribution in [1.82, 2.24) is 4.98 Å². The Bertz CT molecular complexity index is 899. The molecule has 1 aromatic rings. The van der Waals surface area contributed by atoms with E-state index in [2.05, 4.69) is 64.7 Å².